The van der Waals surface area contributed by atoms with Crippen LogP contribution in [0.25, 0.3) is 0 Å². The van der Waals surface area contributed by atoms with Gasteiger partial charge in [0.25, 0.3) is 0 Å². The molecule has 0 saturated carbocycles. The summed E-state index contributed by atoms with van der Waals surface area (Å²) in [4.78, 5) is 12.9. The van der Waals surface area contributed by atoms with E-state index in [0.29, 0.717) is 22.9 Å². The first kappa shape index (κ1) is 23.1. The zero-order chi connectivity index (χ0) is 22.6. The van der Waals surface area contributed by atoms with Crippen LogP contribution in [0.5, 0.6) is 11.5 Å². The molecule has 0 bridgehead atoms. The van der Waals surface area contributed by atoms with Crippen molar-refractivity contribution in [3.63, 3.8) is 0 Å². The van der Waals surface area contributed by atoms with Gasteiger partial charge in [-0.1, -0.05) is 18.2 Å². The molecule has 8 heteroatoms. The van der Waals surface area contributed by atoms with Gasteiger partial charge >= 0.3 is 0 Å². The minimum absolute atomic E-state index is 0.380. The molecule has 0 fully saturated rings. The summed E-state index contributed by atoms with van der Waals surface area (Å²) in [6.45, 7) is 3.45. The maximum absolute atomic E-state index is 12.9. The highest BCUT2D eigenvalue weighted by Gasteiger charge is 2.29. The third-order valence-corrected chi connectivity index (χ3v) is 6.52. The second kappa shape index (κ2) is 9.69. The fourth-order valence-corrected chi connectivity index (χ4v) is 4.92. The van der Waals surface area contributed by atoms with Crippen molar-refractivity contribution in [1.82, 2.24) is 0 Å². The van der Waals surface area contributed by atoms with Crippen LogP contribution in [-0.2, 0) is 14.8 Å². The number of para-hydroxylation sites is 1. The van der Waals surface area contributed by atoms with Crippen molar-refractivity contribution in [3.05, 3.63) is 81.9 Å². The Kier molecular flexibility index (Phi) is 7.22. The summed E-state index contributed by atoms with van der Waals surface area (Å²) < 4.78 is 33.0. The van der Waals surface area contributed by atoms with Crippen LogP contribution in [0, 0.1) is 10.5 Å². The Balaban J connectivity index is 1.81. The molecular weight excluding hydrogens is 527 g/mol. The SMILES string of the molecule is Cc1cc(I)ccc1NC(=O)[C@@H](C)N(c1ccc(Oc2ccccc2)cc1)S(C)(=O)=O. The minimum Gasteiger partial charge on any atom is -0.457 e. The van der Waals surface area contributed by atoms with Gasteiger partial charge in [0.05, 0.1) is 11.9 Å². The molecule has 0 aliphatic heterocycles. The fourth-order valence-electron chi connectivity index (χ4n) is 3.10. The van der Waals surface area contributed by atoms with Crippen LogP contribution in [-0.4, -0.2) is 26.6 Å². The highest BCUT2D eigenvalue weighted by Crippen LogP contribution is 2.27. The van der Waals surface area contributed by atoms with E-state index in [9.17, 15) is 13.2 Å². The predicted molar refractivity (Wildman–Crippen MR) is 132 cm³/mol. The molecule has 0 unspecified atom stereocenters. The number of anilines is 2. The molecule has 1 amide bonds. The number of aryl methyl sites for hydroxylation is 1. The molecule has 0 aliphatic carbocycles. The van der Waals surface area contributed by atoms with Crippen molar-refractivity contribution >= 4 is 49.9 Å². The maximum Gasteiger partial charge on any atom is 0.248 e. The number of sulfonamides is 1. The van der Waals surface area contributed by atoms with Crippen LogP contribution in [0.3, 0.4) is 0 Å². The third kappa shape index (κ3) is 5.98. The molecule has 0 aliphatic rings. The lowest BCUT2D eigenvalue weighted by atomic mass is 10.2. The zero-order valence-electron chi connectivity index (χ0n) is 17.4. The first-order valence-electron chi connectivity index (χ1n) is 9.54. The Morgan fingerprint density at radius 1 is 1.00 bits per heavy atom. The smallest absolute Gasteiger partial charge is 0.248 e. The van der Waals surface area contributed by atoms with E-state index in [1.807, 2.05) is 55.5 Å². The van der Waals surface area contributed by atoms with Gasteiger partial charge in [-0.3, -0.25) is 9.10 Å². The maximum atomic E-state index is 12.9. The van der Waals surface area contributed by atoms with Crippen molar-refractivity contribution in [2.45, 2.75) is 19.9 Å². The van der Waals surface area contributed by atoms with Gasteiger partial charge in [0.1, 0.15) is 17.5 Å². The number of carbonyl (C=O) groups excluding carboxylic acids is 1. The average Bonchev–Trinajstić information content (AvgIpc) is 2.71. The van der Waals surface area contributed by atoms with E-state index < -0.39 is 22.0 Å². The zero-order valence-corrected chi connectivity index (χ0v) is 20.3. The lowest BCUT2D eigenvalue weighted by Gasteiger charge is -2.28. The van der Waals surface area contributed by atoms with Gasteiger partial charge in [0.15, 0.2) is 0 Å². The second-order valence-corrected chi connectivity index (χ2v) is 10.2. The average molecular weight is 550 g/mol. The Morgan fingerprint density at radius 3 is 2.19 bits per heavy atom. The predicted octanol–water partition coefficient (Wildman–Crippen LogP) is 5.19. The van der Waals surface area contributed by atoms with Crippen molar-refractivity contribution in [2.75, 3.05) is 15.9 Å². The summed E-state index contributed by atoms with van der Waals surface area (Å²) >= 11 is 2.20. The van der Waals surface area contributed by atoms with Crippen molar-refractivity contribution in [1.29, 1.82) is 0 Å². The Morgan fingerprint density at radius 2 is 1.61 bits per heavy atom. The minimum atomic E-state index is -3.71. The number of rotatable bonds is 7. The fraction of sp³-hybridized carbons (Fsp3) is 0.174. The van der Waals surface area contributed by atoms with Crippen LogP contribution in [0.2, 0.25) is 0 Å². The molecule has 0 aromatic heterocycles. The van der Waals surface area contributed by atoms with Crippen molar-refractivity contribution in [2.24, 2.45) is 0 Å². The van der Waals surface area contributed by atoms with Crippen LogP contribution in [0.15, 0.2) is 72.8 Å². The summed E-state index contributed by atoms with van der Waals surface area (Å²) in [5.41, 5.74) is 1.93. The van der Waals surface area contributed by atoms with Gasteiger partial charge in [-0.25, -0.2) is 8.42 Å². The molecule has 162 valence electrons. The number of amides is 1. The van der Waals surface area contributed by atoms with Gasteiger partial charge < -0.3 is 10.1 Å². The van der Waals surface area contributed by atoms with E-state index in [0.717, 1.165) is 19.7 Å². The van der Waals surface area contributed by atoms with E-state index in [1.54, 1.807) is 31.2 Å². The molecule has 1 atom stereocenters. The molecule has 3 rings (SSSR count). The number of carbonyl (C=O) groups is 1. The molecule has 0 radical (unpaired) electrons. The molecule has 3 aromatic carbocycles. The van der Waals surface area contributed by atoms with E-state index >= 15 is 0 Å². The number of hydrogen-bond donors (Lipinski definition) is 1. The monoisotopic (exact) mass is 550 g/mol. The second-order valence-electron chi connectivity index (χ2n) is 7.09. The van der Waals surface area contributed by atoms with Crippen molar-refractivity contribution in [3.8, 4) is 11.5 Å². The topological polar surface area (TPSA) is 75.7 Å². The molecular formula is C23H23IN2O4S. The quantitative estimate of drug-likeness (QED) is 0.412. The van der Waals surface area contributed by atoms with Gasteiger partial charge in [-0.2, -0.15) is 0 Å². The van der Waals surface area contributed by atoms with Gasteiger partial charge in [-0.05, 0) is 96.6 Å². The van der Waals surface area contributed by atoms with Gasteiger partial charge in [0.2, 0.25) is 15.9 Å². The Hall–Kier alpha value is -2.59. The lowest BCUT2D eigenvalue weighted by Crippen LogP contribution is -2.45. The molecule has 1 N–H and O–H groups in total. The van der Waals surface area contributed by atoms with Crippen LogP contribution >= 0.6 is 22.6 Å². The third-order valence-electron chi connectivity index (χ3n) is 4.60. The van der Waals surface area contributed by atoms with E-state index in [-0.39, 0.29) is 0 Å². The molecule has 6 nitrogen and oxygen atoms in total. The number of hydrogen-bond acceptors (Lipinski definition) is 4. The van der Waals surface area contributed by atoms with Crippen LogP contribution in [0.1, 0.15) is 12.5 Å². The highest BCUT2D eigenvalue weighted by atomic mass is 127. The molecule has 31 heavy (non-hydrogen) atoms. The largest absolute Gasteiger partial charge is 0.457 e. The number of benzene rings is 3. The number of halogens is 1. The summed E-state index contributed by atoms with van der Waals surface area (Å²) in [5.74, 6) is 0.824. The van der Waals surface area contributed by atoms with Gasteiger partial charge in [-0.15, -0.1) is 0 Å². The Bertz CT molecular complexity index is 1170. The summed E-state index contributed by atoms with van der Waals surface area (Å²) in [5, 5.41) is 2.83. The highest BCUT2D eigenvalue weighted by molar-refractivity contribution is 14.1. The molecule has 3 aromatic rings. The molecule has 0 saturated heterocycles. The number of nitrogens with zero attached hydrogens (tertiary/aromatic N) is 1. The Labute approximate surface area is 196 Å². The van der Waals surface area contributed by atoms with E-state index in [2.05, 4.69) is 27.9 Å². The summed E-state index contributed by atoms with van der Waals surface area (Å²) in [6, 6.07) is 20.6. The van der Waals surface area contributed by atoms with E-state index in [4.69, 9.17) is 4.74 Å². The molecule has 0 spiro atoms. The number of nitrogens with one attached hydrogen (secondary N) is 1. The first-order chi connectivity index (χ1) is 14.6. The standard InChI is InChI=1S/C23H23IN2O4S/c1-16-15-18(24)9-14-22(16)25-23(27)17(2)26(31(3,28)29)19-10-12-21(13-11-19)30-20-7-5-4-6-8-20/h4-15,17H,1-3H3,(H,25,27)/t17-/m1/s1. The van der Waals surface area contributed by atoms with Gasteiger partial charge in [0, 0.05) is 9.26 Å². The number of ether oxygens (including phenoxy) is 1. The summed E-state index contributed by atoms with van der Waals surface area (Å²) in [7, 11) is -3.71. The first-order valence-corrected chi connectivity index (χ1v) is 12.5. The van der Waals surface area contributed by atoms with E-state index in [1.165, 1.54) is 0 Å². The summed E-state index contributed by atoms with van der Waals surface area (Å²) in [6.07, 6.45) is 1.08. The van der Waals surface area contributed by atoms with Crippen LogP contribution in [0.4, 0.5) is 11.4 Å². The van der Waals surface area contributed by atoms with Crippen LogP contribution < -0.4 is 14.4 Å². The molecule has 0 heterocycles. The lowest BCUT2D eigenvalue weighted by molar-refractivity contribution is -0.116. The van der Waals surface area contributed by atoms with Crippen molar-refractivity contribution < 1.29 is 17.9 Å². The normalized spacial score (nSPS) is 12.1.